The van der Waals surface area contributed by atoms with Gasteiger partial charge in [0.1, 0.15) is 0 Å². The summed E-state index contributed by atoms with van der Waals surface area (Å²) < 4.78 is 0. The number of likely N-dealkylation sites (N-methyl/N-ethyl adjacent to an activating group) is 2. The van der Waals surface area contributed by atoms with Gasteiger partial charge < -0.3 is 20.2 Å². The largest absolute Gasteiger partial charge is 0.412 e. The van der Waals surface area contributed by atoms with Crippen LogP contribution in [-0.2, 0) is 0 Å². The Morgan fingerprint density at radius 1 is 1.31 bits per heavy atom. The minimum Gasteiger partial charge on any atom is -0.412 e. The van der Waals surface area contributed by atoms with Crippen LogP contribution >= 0.6 is 24.8 Å². The van der Waals surface area contributed by atoms with E-state index in [0.29, 0.717) is 12.0 Å². The molecule has 1 aliphatic heterocycles. The van der Waals surface area contributed by atoms with Gasteiger partial charge in [-0.15, -0.1) is 24.8 Å². The molecule has 1 heterocycles. The van der Waals surface area contributed by atoms with Crippen molar-refractivity contribution in [3.8, 4) is 0 Å². The van der Waals surface area contributed by atoms with Crippen molar-refractivity contribution >= 4 is 30.8 Å². The zero-order chi connectivity index (χ0) is 10.0. The predicted molar refractivity (Wildman–Crippen MR) is 73.2 cm³/mol. The van der Waals surface area contributed by atoms with Crippen molar-refractivity contribution in [2.24, 2.45) is 0 Å². The van der Waals surface area contributed by atoms with E-state index in [0.717, 1.165) is 19.5 Å². The van der Waals surface area contributed by atoms with Crippen LogP contribution in [0.3, 0.4) is 0 Å². The number of halogens is 2. The molecule has 0 aromatic heterocycles. The molecule has 3 N–H and O–H groups in total. The normalized spacial score (nSPS) is 19.1. The van der Waals surface area contributed by atoms with Gasteiger partial charge in [0, 0.05) is 20.6 Å². The third-order valence-corrected chi connectivity index (χ3v) is 2.64. The van der Waals surface area contributed by atoms with Crippen molar-refractivity contribution in [1.82, 2.24) is 14.7 Å². The van der Waals surface area contributed by atoms with Crippen LogP contribution in [-0.4, -0.2) is 73.5 Å². The van der Waals surface area contributed by atoms with E-state index < -0.39 is 0 Å². The number of guanidine groups is 1. The molecule has 0 aromatic rings. The first-order chi connectivity index (χ1) is 6.02. The zero-order valence-corrected chi connectivity index (χ0v) is 12.0. The molecule has 1 unspecified atom stereocenters. The van der Waals surface area contributed by atoms with Gasteiger partial charge in [0.15, 0.2) is 5.96 Å². The highest BCUT2D eigenvalue weighted by molar-refractivity contribution is 5.85. The van der Waals surface area contributed by atoms with Crippen LogP contribution in [0.5, 0.6) is 0 Å². The smallest absolute Gasteiger partial charge is 0.193 e. The summed E-state index contributed by atoms with van der Waals surface area (Å²) in [5, 5.41) is 7.72. The molecular formula is C9H24Cl2N4O. The molecule has 1 aliphatic rings. The van der Waals surface area contributed by atoms with Crippen molar-refractivity contribution in [2.75, 3.05) is 41.3 Å². The minimum atomic E-state index is 0. The van der Waals surface area contributed by atoms with E-state index in [1.165, 1.54) is 0 Å². The van der Waals surface area contributed by atoms with Crippen molar-refractivity contribution in [2.45, 2.75) is 12.5 Å². The molecule has 0 saturated carbocycles. The zero-order valence-electron chi connectivity index (χ0n) is 10.4. The summed E-state index contributed by atoms with van der Waals surface area (Å²) in [6.45, 7) is 2.08. The minimum absolute atomic E-state index is 0. The summed E-state index contributed by atoms with van der Waals surface area (Å²) in [6.07, 6.45) is 1.14. The molecule has 100 valence electrons. The van der Waals surface area contributed by atoms with Gasteiger partial charge in [0.25, 0.3) is 0 Å². The van der Waals surface area contributed by atoms with Crippen molar-refractivity contribution in [3.05, 3.63) is 0 Å². The van der Waals surface area contributed by atoms with Crippen LogP contribution in [0, 0.1) is 5.41 Å². The van der Waals surface area contributed by atoms with E-state index in [4.69, 9.17) is 5.41 Å². The standard InChI is InChI=1S/C9H20N4.2ClH.H2O/c1-11(2)6-5-8-7-12(3)9(10)13(8)4;;;/h8,10H,5-7H2,1-4H3;2*1H;1H2. The second-order valence-corrected chi connectivity index (χ2v) is 4.06. The summed E-state index contributed by atoms with van der Waals surface area (Å²) in [5.74, 6) is 0.642. The lowest BCUT2D eigenvalue weighted by atomic mass is 10.2. The molecule has 1 rings (SSSR count). The van der Waals surface area contributed by atoms with Gasteiger partial charge in [-0.2, -0.15) is 0 Å². The van der Waals surface area contributed by atoms with E-state index in [-0.39, 0.29) is 30.3 Å². The molecule has 16 heavy (non-hydrogen) atoms. The van der Waals surface area contributed by atoms with Crippen LogP contribution < -0.4 is 0 Å². The summed E-state index contributed by atoms with van der Waals surface area (Å²) in [7, 11) is 8.16. The third-order valence-electron chi connectivity index (χ3n) is 2.64. The first-order valence-corrected chi connectivity index (χ1v) is 4.69. The molecule has 0 spiro atoms. The summed E-state index contributed by atoms with van der Waals surface area (Å²) in [5.41, 5.74) is 0. The van der Waals surface area contributed by atoms with Crippen molar-refractivity contribution in [1.29, 1.82) is 5.41 Å². The topological polar surface area (TPSA) is 65.1 Å². The maximum atomic E-state index is 7.72. The van der Waals surface area contributed by atoms with E-state index in [2.05, 4.69) is 23.9 Å². The molecule has 5 nitrogen and oxygen atoms in total. The van der Waals surface area contributed by atoms with Gasteiger partial charge >= 0.3 is 0 Å². The van der Waals surface area contributed by atoms with Crippen LogP contribution in [0.25, 0.3) is 0 Å². The van der Waals surface area contributed by atoms with E-state index >= 15 is 0 Å². The molecule has 0 aliphatic carbocycles. The Kier molecular flexibility index (Phi) is 11.7. The number of hydrogen-bond donors (Lipinski definition) is 1. The molecule has 1 saturated heterocycles. The average molecular weight is 275 g/mol. The van der Waals surface area contributed by atoms with Crippen LogP contribution in [0.2, 0.25) is 0 Å². The SMILES string of the molecule is CN(C)CCC1CN(C)C(=N)N1C.Cl.Cl.O. The van der Waals surface area contributed by atoms with Crippen molar-refractivity contribution < 1.29 is 5.48 Å². The Labute approximate surface area is 110 Å². The maximum Gasteiger partial charge on any atom is 0.193 e. The predicted octanol–water partition coefficient (Wildman–Crippen LogP) is 0.138. The fraction of sp³-hybridized carbons (Fsp3) is 0.889. The molecule has 0 radical (unpaired) electrons. The molecule has 1 atom stereocenters. The lowest BCUT2D eigenvalue weighted by Crippen LogP contribution is -2.32. The second-order valence-electron chi connectivity index (χ2n) is 4.06. The van der Waals surface area contributed by atoms with Crippen LogP contribution in [0.4, 0.5) is 0 Å². The molecule has 7 heteroatoms. The maximum absolute atomic E-state index is 7.72. The van der Waals surface area contributed by atoms with Gasteiger partial charge in [-0.05, 0) is 27.1 Å². The number of rotatable bonds is 3. The van der Waals surface area contributed by atoms with E-state index in [9.17, 15) is 0 Å². The Bertz CT molecular complexity index is 204. The van der Waals surface area contributed by atoms with Gasteiger partial charge in [0.05, 0.1) is 6.04 Å². The number of nitrogens with one attached hydrogen (secondary N) is 1. The van der Waals surface area contributed by atoms with Gasteiger partial charge in [0.2, 0.25) is 0 Å². The Morgan fingerprint density at radius 2 is 1.81 bits per heavy atom. The quantitative estimate of drug-likeness (QED) is 0.796. The van der Waals surface area contributed by atoms with Gasteiger partial charge in [-0.3, -0.25) is 5.41 Å². The highest BCUT2D eigenvalue weighted by atomic mass is 35.5. The Balaban J connectivity index is -0.000000563. The highest BCUT2D eigenvalue weighted by Gasteiger charge is 2.28. The second kappa shape index (κ2) is 8.87. The molecule has 0 bridgehead atoms. The molecular weight excluding hydrogens is 251 g/mol. The number of hydrogen-bond acceptors (Lipinski definition) is 2. The first-order valence-electron chi connectivity index (χ1n) is 4.69. The average Bonchev–Trinajstić information content (AvgIpc) is 2.29. The lowest BCUT2D eigenvalue weighted by Gasteiger charge is -2.20. The van der Waals surface area contributed by atoms with Crippen molar-refractivity contribution in [3.63, 3.8) is 0 Å². The van der Waals surface area contributed by atoms with Crippen LogP contribution in [0.1, 0.15) is 6.42 Å². The fourth-order valence-corrected chi connectivity index (χ4v) is 1.66. The summed E-state index contributed by atoms with van der Waals surface area (Å²) in [4.78, 5) is 6.25. The molecule has 0 amide bonds. The van der Waals surface area contributed by atoms with Gasteiger partial charge in [-0.25, -0.2) is 0 Å². The lowest BCUT2D eigenvalue weighted by molar-refractivity contribution is 0.314. The monoisotopic (exact) mass is 274 g/mol. The fourth-order valence-electron chi connectivity index (χ4n) is 1.66. The van der Waals surface area contributed by atoms with E-state index in [1.807, 2.05) is 19.0 Å². The first kappa shape index (κ1) is 21.1. The van der Waals surface area contributed by atoms with Gasteiger partial charge in [-0.1, -0.05) is 0 Å². The highest BCUT2D eigenvalue weighted by Crippen LogP contribution is 2.13. The Morgan fingerprint density at radius 3 is 2.12 bits per heavy atom. The summed E-state index contributed by atoms with van der Waals surface area (Å²) in [6, 6.07) is 0.514. The number of nitrogens with zero attached hydrogens (tertiary/aromatic N) is 3. The van der Waals surface area contributed by atoms with Crippen LogP contribution in [0.15, 0.2) is 0 Å². The van der Waals surface area contributed by atoms with E-state index in [1.54, 1.807) is 0 Å². The third kappa shape index (κ3) is 5.21. The molecule has 1 fully saturated rings. The summed E-state index contributed by atoms with van der Waals surface area (Å²) >= 11 is 0. The molecule has 0 aromatic carbocycles. The Hall–Kier alpha value is -0.230.